The van der Waals surface area contributed by atoms with E-state index in [1.165, 1.54) is 6.07 Å². The summed E-state index contributed by atoms with van der Waals surface area (Å²) in [6.07, 6.45) is 1.21. The van der Waals surface area contributed by atoms with Crippen LogP contribution in [0, 0.1) is 5.82 Å². The summed E-state index contributed by atoms with van der Waals surface area (Å²) in [7, 11) is 0. The third-order valence-electron chi connectivity index (χ3n) is 4.01. The summed E-state index contributed by atoms with van der Waals surface area (Å²) in [4.78, 5) is 0. The van der Waals surface area contributed by atoms with E-state index in [0.717, 1.165) is 42.0 Å². The fourth-order valence-corrected chi connectivity index (χ4v) is 2.86. The van der Waals surface area contributed by atoms with E-state index in [2.05, 4.69) is 5.32 Å². The molecule has 2 aromatic rings. The average molecular weight is 315 g/mol. The van der Waals surface area contributed by atoms with E-state index in [-0.39, 0.29) is 11.9 Å². The molecule has 0 radical (unpaired) electrons. The van der Waals surface area contributed by atoms with Crippen molar-refractivity contribution < 1.29 is 13.9 Å². The van der Waals surface area contributed by atoms with Gasteiger partial charge in [0.2, 0.25) is 0 Å². The zero-order valence-electron chi connectivity index (χ0n) is 13.3. The molecular formula is C19H22FNO2. The van der Waals surface area contributed by atoms with Crippen molar-refractivity contribution in [1.29, 1.82) is 0 Å². The first-order chi connectivity index (χ1) is 11.3. The molecule has 1 fully saturated rings. The van der Waals surface area contributed by atoms with Crippen molar-refractivity contribution >= 4 is 0 Å². The van der Waals surface area contributed by atoms with Crippen LogP contribution in [-0.4, -0.2) is 25.8 Å². The molecule has 3 nitrogen and oxygen atoms in total. The van der Waals surface area contributed by atoms with Crippen molar-refractivity contribution in [3.8, 4) is 16.9 Å². The summed E-state index contributed by atoms with van der Waals surface area (Å²) in [5, 5.41) is 3.27. The first-order valence-corrected chi connectivity index (χ1v) is 8.10. The molecule has 1 saturated heterocycles. The van der Waals surface area contributed by atoms with Gasteiger partial charge in [0.25, 0.3) is 0 Å². The minimum Gasteiger partial charge on any atom is -0.494 e. The van der Waals surface area contributed by atoms with Crippen LogP contribution in [0.3, 0.4) is 0 Å². The van der Waals surface area contributed by atoms with E-state index in [1.54, 1.807) is 6.07 Å². The van der Waals surface area contributed by atoms with Crippen LogP contribution in [0.25, 0.3) is 11.1 Å². The predicted molar refractivity (Wildman–Crippen MR) is 89.1 cm³/mol. The number of hydrogen-bond donors (Lipinski definition) is 1. The van der Waals surface area contributed by atoms with Crippen molar-refractivity contribution in [1.82, 2.24) is 5.32 Å². The smallest absolute Gasteiger partial charge is 0.123 e. The first-order valence-electron chi connectivity index (χ1n) is 8.10. The second-order valence-corrected chi connectivity index (χ2v) is 5.69. The minimum atomic E-state index is -0.238. The normalized spacial score (nSPS) is 17.4. The Morgan fingerprint density at radius 3 is 2.91 bits per heavy atom. The second kappa shape index (κ2) is 7.57. The highest BCUT2D eigenvalue weighted by Gasteiger charge is 2.16. The molecule has 0 amide bonds. The molecule has 1 atom stereocenters. The van der Waals surface area contributed by atoms with Gasteiger partial charge in [0.1, 0.15) is 11.6 Å². The molecule has 122 valence electrons. The molecular weight excluding hydrogens is 293 g/mol. The summed E-state index contributed by atoms with van der Waals surface area (Å²) >= 11 is 0. The maximum absolute atomic E-state index is 13.7. The largest absolute Gasteiger partial charge is 0.494 e. The van der Waals surface area contributed by atoms with E-state index in [9.17, 15) is 4.39 Å². The lowest BCUT2D eigenvalue weighted by Crippen LogP contribution is -2.16. The lowest BCUT2D eigenvalue weighted by molar-refractivity contribution is 0.0543. The van der Waals surface area contributed by atoms with Crippen LogP contribution in [0.5, 0.6) is 5.75 Å². The number of nitrogens with one attached hydrogen (secondary N) is 1. The van der Waals surface area contributed by atoms with Gasteiger partial charge < -0.3 is 14.8 Å². The summed E-state index contributed by atoms with van der Waals surface area (Å²) in [5.74, 6) is 0.582. The van der Waals surface area contributed by atoms with Crippen LogP contribution in [0.2, 0.25) is 0 Å². The summed E-state index contributed by atoms with van der Waals surface area (Å²) in [6.45, 7) is 4.84. The highest BCUT2D eigenvalue weighted by Crippen LogP contribution is 2.28. The summed E-state index contributed by atoms with van der Waals surface area (Å²) in [6, 6.07) is 12.7. The first kappa shape index (κ1) is 16.0. The molecule has 4 heteroatoms. The van der Waals surface area contributed by atoms with E-state index >= 15 is 0 Å². The molecule has 1 heterocycles. The van der Waals surface area contributed by atoms with Crippen LogP contribution in [0.4, 0.5) is 4.39 Å². The second-order valence-electron chi connectivity index (χ2n) is 5.69. The number of rotatable bonds is 6. The fourth-order valence-electron chi connectivity index (χ4n) is 2.86. The Hall–Kier alpha value is -1.91. The Morgan fingerprint density at radius 1 is 1.22 bits per heavy atom. The van der Waals surface area contributed by atoms with Gasteiger partial charge in [-0.3, -0.25) is 0 Å². The van der Waals surface area contributed by atoms with Crippen molar-refractivity contribution in [2.75, 3.05) is 19.7 Å². The number of ether oxygens (including phenoxy) is 2. The minimum absolute atomic E-state index is 0.209. The van der Waals surface area contributed by atoms with Crippen LogP contribution in [0.15, 0.2) is 42.5 Å². The Labute approximate surface area is 136 Å². The molecule has 0 bridgehead atoms. The third kappa shape index (κ3) is 4.09. The van der Waals surface area contributed by atoms with Crippen LogP contribution in [-0.2, 0) is 11.3 Å². The molecule has 1 N–H and O–H groups in total. The maximum Gasteiger partial charge on any atom is 0.123 e. The van der Waals surface area contributed by atoms with Gasteiger partial charge in [0, 0.05) is 6.54 Å². The lowest BCUT2D eigenvalue weighted by Gasteiger charge is -2.15. The van der Waals surface area contributed by atoms with Gasteiger partial charge in [-0.15, -0.1) is 0 Å². The van der Waals surface area contributed by atoms with Crippen molar-refractivity contribution in [3.05, 3.63) is 53.8 Å². The van der Waals surface area contributed by atoms with E-state index in [4.69, 9.17) is 9.47 Å². The average Bonchev–Trinajstić information content (AvgIpc) is 3.07. The summed E-state index contributed by atoms with van der Waals surface area (Å²) < 4.78 is 25.2. The number of halogens is 1. The van der Waals surface area contributed by atoms with Crippen LogP contribution in [0.1, 0.15) is 18.9 Å². The zero-order chi connectivity index (χ0) is 16.1. The van der Waals surface area contributed by atoms with E-state index in [1.807, 2.05) is 37.3 Å². The molecule has 0 aliphatic carbocycles. The lowest BCUT2D eigenvalue weighted by atomic mass is 9.99. The van der Waals surface area contributed by atoms with Crippen LogP contribution < -0.4 is 10.1 Å². The standard InChI is InChI=1S/C19H22FNO2/c1-2-22-17-5-3-4-14(11-17)19-7-6-16(20)10-15(19)13-23-18-8-9-21-12-18/h3-7,10-11,18,21H,2,8-9,12-13H2,1H3. The van der Waals surface area contributed by atoms with Crippen molar-refractivity contribution in [2.24, 2.45) is 0 Å². The van der Waals surface area contributed by atoms with Gasteiger partial charge in [0.15, 0.2) is 0 Å². The molecule has 0 aromatic heterocycles. The monoisotopic (exact) mass is 315 g/mol. The van der Waals surface area contributed by atoms with Gasteiger partial charge in [-0.05, 0) is 60.8 Å². The molecule has 0 saturated carbocycles. The number of benzene rings is 2. The predicted octanol–water partition coefficient (Wildman–Crippen LogP) is 3.77. The van der Waals surface area contributed by atoms with Gasteiger partial charge in [-0.1, -0.05) is 18.2 Å². The van der Waals surface area contributed by atoms with E-state index in [0.29, 0.717) is 13.2 Å². The molecule has 1 unspecified atom stereocenters. The molecule has 2 aromatic carbocycles. The SMILES string of the molecule is CCOc1cccc(-c2ccc(F)cc2COC2CCNC2)c1. The summed E-state index contributed by atoms with van der Waals surface area (Å²) in [5.41, 5.74) is 2.86. The Bertz CT molecular complexity index is 654. The topological polar surface area (TPSA) is 30.5 Å². The molecule has 3 rings (SSSR count). The zero-order valence-corrected chi connectivity index (χ0v) is 13.3. The van der Waals surface area contributed by atoms with Crippen LogP contribution >= 0.6 is 0 Å². The Kier molecular flexibility index (Phi) is 5.26. The fraction of sp³-hybridized carbons (Fsp3) is 0.368. The quantitative estimate of drug-likeness (QED) is 0.880. The Morgan fingerprint density at radius 2 is 2.13 bits per heavy atom. The molecule has 0 spiro atoms. The van der Waals surface area contributed by atoms with E-state index < -0.39 is 0 Å². The van der Waals surface area contributed by atoms with Crippen molar-refractivity contribution in [3.63, 3.8) is 0 Å². The van der Waals surface area contributed by atoms with Crippen molar-refractivity contribution in [2.45, 2.75) is 26.1 Å². The molecule has 1 aliphatic heterocycles. The number of hydrogen-bond acceptors (Lipinski definition) is 3. The Balaban J connectivity index is 1.84. The molecule has 1 aliphatic rings. The molecule has 23 heavy (non-hydrogen) atoms. The van der Waals surface area contributed by atoms with Gasteiger partial charge in [0.05, 0.1) is 19.3 Å². The van der Waals surface area contributed by atoms with Gasteiger partial charge in [-0.2, -0.15) is 0 Å². The van der Waals surface area contributed by atoms with Gasteiger partial charge >= 0.3 is 0 Å². The maximum atomic E-state index is 13.7. The van der Waals surface area contributed by atoms with Gasteiger partial charge in [-0.25, -0.2) is 4.39 Å². The highest BCUT2D eigenvalue weighted by molar-refractivity contribution is 5.68. The third-order valence-corrected chi connectivity index (χ3v) is 4.01. The highest BCUT2D eigenvalue weighted by atomic mass is 19.1.